The van der Waals surface area contributed by atoms with Crippen molar-refractivity contribution in [3.8, 4) is 0 Å². The zero-order chi connectivity index (χ0) is 14.9. The fourth-order valence-electron chi connectivity index (χ4n) is 1.62. The molecule has 0 aromatic heterocycles. The van der Waals surface area contributed by atoms with Gasteiger partial charge in [-0.15, -0.1) is 0 Å². The van der Waals surface area contributed by atoms with Crippen molar-refractivity contribution >= 4 is 28.7 Å². The number of thiol groups is 1. The molecule has 0 atom stereocenters. The third-order valence-electron chi connectivity index (χ3n) is 2.64. The predicted molar refractivity (Wildman–Crippen MR) is 75.1 cm³/mol. The summed E-state index contributed by atoms with van der Waals surface area (Å²) in [6.07, 6.45) is 1.36. The third-order valence-corrected chi connectivity index (χ3v) is 3.66. The molecule has 0 aromatic rings. The van der Waals surface area contributed by atoms with Gasteiger partial charge in [0, 0.05) is 24.3 Å². The highest BCUT2D eigenvalue weighted by molar-refractivity contribution is 7.85. The molecule has 8 heteroatoms. The van der Waals surface area contributed by atoms with Crippen LogP contribution in [0.25, 0.3) is 0 Å². The lowest BCUT2D eigenvalue weighted by Crippen LogP contribution is -2.42. The molecule has 0 unspecified atom stereocenters. The Hall–Kier alpha value is -0.310. The first-order valence-electron chi connectivity index (χ1n) is 6.18. The van der Waals surface area contributed by atoms with Crippen molar-refractivity contribution in [1.82, 2.24) is 0 Å². The second-order valence-corrected chi connectivity index (χ2v) is 7.02. The second kappa shape index (κ2) is 8.78. The van der Waals surface area contributed by atoms with Crippen LogP contribution in [0.4, 0.5) is 0 Å². The van der Waals surface area contributed by atoms with E-state index in [0.717, 1.165) is 6.54 Å². The third kappa shape index (κ3) is 12.5. The highest BCUT2D eigenvalue weighted by atomic mass is 32.2. The molecule has 0 saturated carbocycles. The maximum Gasteiger partial charge on any atom is 0.306 e. The van der Waals surface area contributed by atoms with Gasteiger partial charge in [-0.05, 0) is 0 Å². The van der Waals surface area contributed by atoms with Crippen molar-refractivity contribution in [1.29, 1.82) is 0 Å². The van der Waals surface area contributed by atoms with Crippen LogP contribution in [0.2, 0.25) is 0 Å². The summed E-state index contributed by atoms with van der Waals surface area (Å²) in [5.41, 5.74) is 0. The molecule has 0 fully saturated rings. The Labute approximate surface area is 120 Å². The van der Waals surface area contributed by atoms with Crippen molar-refractivity contribution in [2.75, 3.05) is 45.3 Å². The summed E-state index contributed by atoms with van der Waals surface area (Å²) in [6.45, 7) is 1.72. The highest BCUT2D eigenvalue weighted by Crippen LogP contribution is 2.03. The Kier molecular flexibility index (Phi) is 8.64. The molecule has 0 saturated heterocycles. The zero-order valence-corrected chi connectivity index (χ0v) is 13.2. The van der Waals surface area contributed by atoms with Gasteiger partial charge < -0.3 is 13.8 Å². The lowest BCUT2D eigenvalue weighted by molar-refractivity contribution is -0.890. The van der Waals surface area contributed by atoms with Crippen LogP contribution in [0.1, 0.15) is 19.3 Å². The van der Waals surface area contributed by atoms with E-state index in [4.69, 9.17) is 4.74 Å². The van der Waals surface area contributed by atoms with Crippen molar-refractivity contribution in [3.63, 3.8) is 0 Å². The van der Waals surface area contributed by atoms with Gasteiger partial charge in [0.15, 0.2) is 0 Å². The van der Waals surface area contributed by atoms with Gasteiger partial charge in [0.25, 0.3) is 0 Å². The summed E-state index contributed by atoms with van der Waals surface area (Å²) in [7, 11) is -0.223. The number of quaternary nitrogens is 1. The predicted octanol–water partition coefficient (Wildman–Crippen LogP) is 0.251. The SMILES string of the molecule is C[N+](C)(CCCOC(=O)CCS)CCCS(=O)(=O)[O-]. The molecule has 0 aliphatic rings. The van der Waals surface area contributed by atoms with E-state index in [1.807, 2.05) is 14.1 Å². The summed E-state index contributed by atoms with van der Waals surface area (Å²) in [6, 6.07) is 0. The minimum atomic E-state index is -4.13. The lowest BCUT2D eigenvalue weighted by Gasteiger charge is -2.30. The summed E-state index contributed by atoms with van der Waals surface area (Å²) >= 11 is 3.93. The Morgan fingerprint density at radius 2 is 1.84 bits per heavy atom. The normalized spacial score (nSPS) is 12.4. The molecule has 0 spiro atoms. The first-order valence-corrected chi connectivity index (χ1v) is 8.39. The summed E-state index contributed by atoms with van der Waals surface area (Å²) < 4.78 is 37.1. The number of esters is 1. The number of carbonyl (C=O) groups is 1. The van der Waals surface area contributed by atoms with Crippen LogP contribution in [0.15, 0.2) is 0 Å². The van der Waals surface area contributed by atoms with Crippen LogP contribution in [-0.4, -0.2) is 68.7 Å². The van der Waals surface area contributed by atoms with Crippen LogP contribution in [0.5, 0.6) is 0 Å². The zero-order valence-electron chi connectivity index (χ0n) is 11.5. The molecule has 19 heavy (non-hydrogen) atoms. The molecular formula is C11H23NO5S2. The van der Waals surface area contributed by atoms with E-state index in [2.05, 4.69) is 12.6 Å². The number of hydrogen-bond acceptors (Lipinski definition) is 6. The van der Waals surface area contributed by atoms with E-state index in [1.54, 1.807) is 0 Å². The Bertz CT molecular complexity index is 367. The van der Waals surface area contributed by atoms with Gasteiger partial charge in [-0.2, -0.15) is 12.6 Å². The van der Waals surface area contributed by atoms with Gasteiger partial charge >= 0.3 is 5.97 Å². The van der Waals surface area contributed by atoms with E-state index in [1.165, 1.54) is 0 Å². The summed E-state index contributed by atoms with van der Waals surface area (Å²) in [4.78, 5) is 11.1. The molecule has 0 amide bonds. The van der Waals surface area contributed by atoms with E-state index >= 15 is 0 Å². The molecule has 0 rings (SSSR count). The molecule has 0 aliphatic carbocycles. The largest absolute Gasteiger partial charge is 0.748 e. The van der Waals surface area contributed by atoms with Gasteiger partial charge in [-0.25, -0.2) is 8.42 Å². The Morgan fingerprint density at radius 1 is 1.26 bits per heavy atom. The molecule has 0 aromatic carbocycles. The lowest BCUT2D eigenvalue weighted by atomic mass is 10.3. The number of rotatable bonds is 10. The molecule has 0 radical (unpaired) electrons. The quantitative estimate of drug-likeness (QED) is 0.205. The van der Waals surface area contributed by atoms with Crippen LogP contribution in [0, 0.1) is 0 Å². The number of nitrogens with zero attached hydrogens (tertiary/aromatic N) is 1. The smallest absolute Gasteiger partial charge is 0.306 e. The topological polar surface area (TPSA) is 83.5 Å². The average Bonchev–Trinajstić information content (AvgIpc) is 2.22. The fourth-order valence-corrected chi connectivity index (χ4v) is 2.29. The maximum atomic E-state index is 11.1. The minimum absolute atomic E-state index is 0.252. The van der Waals surface area contributed by atoms with Crippen molar-refractivity contribution in [2.24, 2.45) is 0 Å². The first-order chi connectivity index (χ1) is 8.66. The monoisotopic (exact) mass is 313 g/mol. The number of ether oxygens (including phenoxy) is 1. The molecule has 114 valence electrons. The maximum absolute atomic E-state index is 11.1. The first kappa shape index (κ1) is 18.7. The van der Waals surface area contributed by atoms with E-state index in [9.17, 15) is 17.8 Å². The standard InChI is InChI=1S/C11H23NO5S2/c1-12(2,7-4-10-19(14,15)16)6-3-8-17-11(13)5-9-18/h3-10H2,1-2H3,(H-,14,15,16,18). The summed E-state index contributed by atoms with van der Waals surface area (Å²) in [5, 5.41) is 0. The van der Waals surface area contributed by atoms with E-state index in [-0.39, 0.29) is 11.7 Å². The highest BCUT2D eigenvalue weighted by Gasteiger charge is 2.15. The fraction of sp³-hybridized carbons (Fsp3) is 0.909. The van der Waals surface area contributed by atoms with Crippen molar-refractivity contribution in [2.45, 2.75) is 19.3 Å². The van der Waals surface area contributed by atoms with Gasteiger partial charge in [0.05, 0.1) is 50.3 Å². The van der Waals surface area contributed by atoms with Crippen molar-refractivity contribution < 1.29 is 27.0 Å². The average molecular weight is 313 g/mol. The molecular weight excluding hydrogens is 290 g/mol. The molecule has 0 heterocycles. The molecule has 0 aliphatic heterocycles. The van der Waals surface area contributed by atoms with Crippen LogP contribution in [0.3, 0.4) is 0 Å². The molecule has 0 N–H and O–H groups in total. The summed E-state index contributed by atoms with van der Waals surface area (Å²) in [5.74, 6) is -0.104. The van der Waals surface area contributed by atoms with E-state index in [0.29, 0.717) is 42.6 Å². The molecule has 6 nitrogen and oxygen atoms in total. The second-order valence-electron chi connectivity index (χ2n) is 5.05. The Morgan fingerprint density at radius 3 is 2.37 bits per heavy atom. The number of hydrogen-bond donors (Lipinski definition) is 1. The molecule has 0 bridgehead atoms. The van der Waals surface area contributed by atoms with Crippen LogP contribution in [-0.2, 0) is 19.6 Å². The van der Waals surface area contributed by atoms with Crippen LogP contribution < -0.4 is 0 Å². The van der Waals surface area contributed by atoms with Crippen LogP contribution >= 0.6 is 12.6 Å². The van der Waals surface area contributed by atoms with Crippen molar-refractivity contribution in [3.05, 3.63) is 0 Å². The minimum Gasteiger partial charge on any atom is -0.748 e. The van der Waals surface area contributed by atoms with Gasteiger partial charge in [0.1, 0.15) is 0 Å². The van der Waals surface area contributed by atoms with Gasteiger partial charge in [0.2, 0.25) is 0 Å². The van der Waals surface area contributed by atoms with Gasteiger partial charge in [-0.1, -0.05) is 0 Å². The Balaban J connectivity index is 3.76. The van der Waals surface area contributed by atoms with E-state index < -0.39 is 10.1 Å². The number of carbonyl (C=O) groups excluding carboxylic acids is 1. The van der Waals surface area contributed by atoms with Gasteiger partial charge in [-0.3, -0.25) is 4.79 Å².